The number of hydrogen-bond acceptors (Lipinski definition) is 5. The van der Waals surface area contributed by atoms with Crippen LogP contribution in [0.4, 0.5) is 11.4 Å². The van der Waals surface area contributed by atoms with Gasteiger partial charge in [-0.25, -0.2) is 0 Å². The first-order valence-corrected chi connectivity index (χ1v) is 6.22. The van der Waals surface area contributed by atoms with Crippen LogP contribution < -0.4 is 10.1 Å². The molecule has 0 unspecified atom stereocenters. The van der Waals surface area contributed by atoms with Crippen LogP contribution in [0.1, 0.15) is 13.8 Å². The van der Waals surface area contributed by atoms with Gasteiger partial charge in [0.1, 0.15) is 0 Å². The molecule has 0 radical (unpaired) electrons. The maximum absolute atomic E-state index is 10.8. The Morgan fingerprint density at radius 3 is 2.68 bits per heavy atom. The van der Waals surface area contributed by atoms with Gasteiger partial charge in [0, 0.05) is 37.0 Å². The first kappa shape index (κ1) is 15.2. The molecule has 0 atom stereocenters. The number of nitro groups is 1. The summed E-state index contributed by atoms with van der Waals surface area (Å²) in [5, 5.41) is 14.0. The van der Waals surface area contributed by atoms with Crippen molar-refractivity contribution in [2.24, 2.45) is 0 Å². The topological polar surface area (TPSA) is 67.6 Å². The van der Waals surface area contributed by atoms with E-state index in [2.05, 4.69) is 31.1 Å². The Kier molecular flexibility index (Phi) is 5.57. The minimum absolute atomic E-state index is 0.0210. The standard InChI is InChI=1S/C13H21N3O3/c1-10(2)15(3)8-7-14-11-5-6-12(16(17)18)13(9-11)19-4/h5-6,9-10,14H,7-8H2,1-4H3. The molecule has 0 fully saturated rings. The second kappa shape index (κ2) is 6.94. The van der Waals surface area contributed by atoms with Gasteiger partial charge in [0.25, 0.3) is 0 Å². The van der Waals surface area contributed by atoms with Crippen molar-refractivity contribution in [1.29, 1.82) is 0 Å². The van der Waals surface area contributed by atoms with E-state index in [9.17, 15) is 10.1 Å². The number of nitrogens with zero attached hydrogens (tertiary/aromatic N) is 2. The van der Waals surface area contributed by atoms with Crippen molar-refractivity contribution >= 4 is 11.4 Å². The molecule has 1 rings (SSSR count). The molecule has 6 nitrogen and oxygen atoms in total. The molecule has 0 spiro atoms. The molecular weight excluding hydrogens is 246 g/mol. The van der Waals surface area contributed by atoms with Crippen molar-refractivity contribution in [2.45, 2.75) is 19.9 Å². The number of nitrogens with one attached hydrogen (secondary N) is 1. The summed E-state index contributed by atoms with van der Waals surface area (Å²) in [4.78, 5) is 12.5. The van der Waals surface area contributed by atoms with Crippen LogP contribution in [0.15, 0.2) is 18.2 Å². The first-order chi connectivity index (χ1) is 8.95. The number of ether oxygens (including phenoxy) is 1. The maximum atomic E-state index is 10.8. The van der Waals surface area contributed by atoms with Gasteiger partial charge >= 0.3 is 5.69 Å². The van der Waals surface area contributed by atoms with Crippen LogP contribution in [0, 0.1) is 10.1 Å². The largest absolute Gasteiger partial charge is 0.490 e. The first-order valence-electron chi connectivity index (χ1n) is 6.22. The molecule has 1 aromatic carbocycles. The second-order valence-corrected chi connectivity index (χ2v) is 4.64. The van der Waals surface area contributed by atoms with Crippen molar-refractivity contribution in [2.75, 3.05) is 32.6 Å². The van der Waals surface area contributed by atoms with Gasteiger partial charge in [-0.3, -0.25) is 10.1 Å². The molecule has 0 heterocycles. The lowest BCUT2D eigenvalue weighted by atomic mass is 10.2. The van der Waals surface area contributed by atoms with E-state index in [0.717, 1.165) is 18.8 Å². The van der Waals surface area contributed by atoms with Crippen LogP contribution in [0.3, 0.4) is 0 Å². The second-order valence-electron chi connectivity index (χ2n) is 4.64. The van der Waals surface area contributed by atoms with Crippen LogP contribution in [-0.4, -0.2) is 43.1 Å². The zero-order valence-corrected chi connectivity index (χ0v) is 11.8. The van der Waals surface area contributed by atoms with Gasteiger partial charge in [0.05, 0.1) is 12.0 Å². The lowest BCUT2D eigenvalue weighted by Crippen LogP contribution is -2.31. The third-order valence-electron chi connectivity index (χ3n) is 3.05. The highest BCUT2D eigenvalue weighted by Gasteiger charge is 2.14. The van der Waals surface area contributed by atoms with Gasteiger partial charge in [-0.1, -0.05) is 0 Å². The number of likely N-dealkylation sites (N-methyl/N-ethyl adjacent to an activating group) is 1. The summed E-state index contributed by atoms with van der Waals surface area (Å²) in [5.74, 6) is 0.271. The van der Waals surface area contributed by atoms with E-state index in [1.165, 1.54) is 13.2 Å². The number of methoxy groups -OCH3 is 1. The molecule has 0 bridgehead atoms. The summed E-state index contributed by atoms with van der Waals surface area (Å²) >= 11 is 0. The van der Waals surface area contributed by atoms with E-state index in [-0.39, 0.29) is 11.4 Å². The van der Waals surface area contributed by atoms with Gasteiger partial charge in [0.2, 0.25) is 0 Å². The molecule has 1 N–H and O–H groups in total. The van der Waals surface area contributed by atoms with Crippen LogP contribution in [0.5, 0.6) is 5.75 Å². The molecule has 106 valence electrons. The Morgan fingerprint density at radius 2 is 2.16 bits per heavy atom. The molecule has 0 amide bonds. The van der Waals surface area contributed by atoms with E-state index >= 15 is 0 Å². The summed E-state index contributed by atoms with van der Waals surface area (Å²) in [6, 6.07) is 5.28. The Labute approximate surface area is 113 Å². The Bertz CT molecular complexity index is 435. The highest BCUT2D eigenvalue weighted by Crippen LogP contribution is 2.29. The fraction of sp³-hybridized carbons (Fsp3) is 0.538. The molecule has 0 aliphatic carbocycles. The van der Waals surface area contributed by atoms with Crippen molar-refractivity contribution in [3.63, 3.8) is 0 Å². The van der Waals surface area contributed by atoms with E-state index < -0.39 is 4.92 Å². The van der Waals surface area contributed by atoms with E-state index in [1.54, 1.807) is 12.1 Å². The average molecular weight is 267 g/mol. The number of hydrogen-bond donors (Lipinski definition) is 1. The fourth-order valence-corrected chi connectivity index (χ4v) is 1.57. The predicted octanol–water partition coefficient (Wildman–Crippen LogP) is 2.36. The number of rotatable bonds is 7. The summed E-state index contributed by atoms with van der Waals surface area (Å²) in [5.41, 5.74) is 0.798. The summed E-state index contributed by atoms with van der Waals surface area (Å²) in [6.45, 7) is 5.94. The van der Waals surface area contributed by atoms with Gasteiger partial charge in [0.15, 0.2) is 5.75 Å². The molecule has 1 aromatic rings. The van der Waals surface area contributed by atoms with E-state index in [0.29, 0.717) is 6.04 Å². The lowest BCUT2D eigenvalue weighted by Gasteiger charge is -2.21. The molecule has 6 heteroatoms. The van der Waals surface area contributed by atoms with Crippen molar-refractivity contribution in [3.8, 4) is 5.75 Å². The molecule has 19 heavy (non-hydrogen) atoms. The Hall–Kier alpha value is -1.82. The molecule has 0 aliphatic heterocycles. The normalized spacial score (nSPS) is 10.8. The van der Waals surface area contributed by atoms with Gasteiger partial charge in [-0.15, -0.1) is 0 Å². The summed E-state index contributed by atoms with van der Waals surface area (Å²) < 4.78 is 5.02. The smallest absolute Gasteiger partial charge is 0.311 e. The molecule has 0 aliphatic rings. The van der Waals surface area contributed by atoms with Gasteiger partial charge in [-0.05, 0) is 27.0 Å². The summed E-state index contributed by atoms with van der Waals surface area (Å²) in [6.07, 6.45) is 0. The van der Waals surface area contributed by atoms with E-state index in [1.807, 2.05) is 0 Å². The SMILES string of the molecule is COc1cc(NCCN(C)C(C)C)ccc1[N+](=O)[O-]. The highest BCUT2D eigenvalue weighted by molar-refractivity contribution is 5.57. The van der Waals surface area contributed by atoms with Crippen molar-refractivity contribution in [3.05, 3.63) is 28.3 Å². The van der Waals surface area contributed by atoms with Crippen LogP contribution >= 0.6 is 0 Å². The van der Waals surface area contributed by atoms with Gasteiger partial charge < -0.3 is 15.0 Å². The zero-order chi connectivity index (χ0) is 14.4. The molecule has 0 saturated heterocycles. The minimum atomic E-state index is -0.449. The van der Waals surface area contributed by atoms with Crippen LogP contribution in [-0.2, 0) is 0 Å². The van der Waals surface area contributed by atoms with Crippen LogP contribution in [0.25, 0.3) is 0 Å². The van der Waals surface area contributed by atoms with Gasteiger partial charge in [-0.2, -0.15) is 0 Å². The lowest BCUT2D eigenvalue weighted by molar-refractivity contribution is -0.385. The van der Waals surface area contributed by atoms with Crippen LogP contribution in [0.2, 0.25) is 0 Å². The monoisotopic (exact) mass is 267 g/mol. The maximum Gasteiger partial charge on any atom is 0.311 e. The summed E-state index contributed by atoms with van der Waals surface area (Å²) in [7, 11) is 3.49. The Morgan fingerprint density at radius 1 is 1.47 bits per heavy atom. The minimum Gasteiger partial charge on any atom is -0.490 e. The fourth-order valence-electron chi connectivity index (χ4n) is 1.57. The number of benzene rings is 1. The third kappa shape index (κ3) is 4.40. The van der Waals surface area contributed by atoms with Crippen molar-refractivity contribution in [1.82, 2.24) is 4.90 Å². The molecular formula is C13H21N3O3. The molecule has 0 saturated carbocycles. The molecule has 0 aromatic heterocycles. The van der Waals surface area contributed by atoms with Crippen molar-refractivity contribution < 1.29 is 9.66 Å². The quantitative estimate of drug-likeness (QED) is 0.606. The third-order valence-corrected chi connectivity index (χ3v) is 3.05. The number of nitro benzene ring substituents is 1. The predicted molar refractivity (Wildman–Crippen MR) is 75.9 cm³/mol. The van der Waals surface area contributed by atoms with E-state index in [4.69, 9.17) is 4.74 Å². The number of anilines is 1. The average Bonchev–Trinajstić information content (AvgIpc) is 2.37. The highest BCUT2D eigenvalue weighted by atomic mass is 16.6. The zero-order valence-electron chi connectivity index (χ0n) is 11.8. The Balaban J connectivity index is 2.63.